The first kappa shape index (κ1) is 11.6. The normalized spacial score (nSPS) is 10.3. The van der Waals surface area contributed by atoms with Crippen LogP contribution < -0.4 is 15.2 Å². The van der Waals surface area contributed by atoms with E-state index in [9.17, 15) is 0 Å². The molecule has 2 rings (SSSR count). The topological polar surface area (TPSA) is 70.5 Å². The average molecular weight is 255 g/mol. The minimum absolute atomic E-state index is 0.201. The average Bonchev–Trinajstić information content (AvgIpc) is 2.74. The summed E-state index contributed by atoms with van der Waals surface area (Å²) in [5.41, 5.74) is 6.96. The molecule has 17 heavy (non-hydrogen) atoms. The first-order valence-electron chi connectivity index (χ1n) is 4.79. The number of nitrogens with two attached hydrogens (primary N) is 1. The summed E-state index contributed by atoms with van der Waals surface area (Å²) in [4.78, 5) is 0. The number of aromatic nitrogens is 1. The standard InChI is InChI=1S/C11H11ClN2O3/c1-15-6-3-7(8-5-14-17-11(8)13)10(16-2)9(12)4-6/h3-5H,13H2,1-2H3. The van der Waals surface area contributed by atoms with Gasteiger partial charge in [-0.2, -0.15) is 0 Å². The molecule has 0 aliphatic carbocycles. The zero-order valence-electron chi connectivity index (χ0n) is 9.36. The van der Waals surface area contributed by atoms with Gasteiger partial charge in [0.15, 0.2) is 0 Å². The maximum Gasteiger partial charge on any atom is 0.230 e. The highest BCUT2D eigenvalue weighted by Crippen LogP contribution is 2.41. The second-order valence-corrected chi connectivity index (χ2v) is 3.70. The third kappa shape index (κ3) is 2.01. The van der Waals surface area contributed by atoms with E-state index in [-0.39, 0.29) is 5.88 Å². The van der Waals surface area contributed by atoms with Crippen LogP contribution in [-0.2, 0) is 0 Å². The van der Waals surface area contributed by atoms with Gasteiger partial charge in [-0.25, -0.2) is 0 Å². The first-order chi connectivity index (χ1) is 8.17. The fourth-order valence-corrected chi connectivity index (χ4v) is 1.83. The Labute approximate surface area is 103 Å². The van der Waals surface area contributed by atoms with Crippen molar-refractivity contribution in [1.29, 1.82) is 0 Å². The summed E-state index contributed by atoms with van der Waals surface area (Å²) in [6.07, 6.45) is 1.50. The van der Waals surface area contributed by atoms with E-state index in [0.29, 0.717) is 27.6 Å². The molecule has 1 aromatic heterocycles. The lowest BCUT2D eigenvalue weighted by Crippen LogP contribution is -1.93. The van der Waals surface area contributed by atoms with Crippen LogP contribution in [0.2, 0.25) is 5.02 Å². The molecule has 0 saturated heterocycles. The predicted molar refractivity (Wildman–Crippen MR) is 64.5 cm³/mol. The van der Waals surface area contributed by atoms with Crippen molar-refractivity contribution in [3.8, 4) is 22.6 Å². The van der Waals surface area contributed by atoms with Crippen molar-refractivity contribution in [3.05, 3.63) is 23.4 Å². The van der Waals surface area contributed by atoms with Gasteiger partial charge in [0.05, 0.1) is 31.0 Å². The molecule has 2 aromatic rings. The SMILES string of the molecule is COc1cc(Cl)c(OC)c(-c2cnoc2N)c1. The fourth-order valence-electron chi connectivity index (χ4n) is 1.54. The Morgan fingerprint density at radius 1 is 1.24 bits per heavy atom. The van der Waals surface area contributed by atoms with Gasteiger partial charge in [0.2, 0.25) is 5.88 Å². The molecule has 0 aliphatic heterocycles. The summed E-state index contributed by atoms with van der Waals surface area (Å²) in [6.45, 7) is 0. The van der Waals surface area contributed by atoms with Gasteiger partial charge in [0, 0.05) is 11.6 Å². The van der Waals surface area contributed by atoms with Crippen LogP contribution >= 0.6 is 11.6 Å². The van der Waals surface area contributed by atoms with E-state index in [0.717, 1.165) is 0 Å². The molecule has 1 aromatic carbocycles. The largest absolute Gasteiger partial charge is 0.497 e. The lowest BCUT2D eigenvalue weighted by atomic mass is 10.1. The minimum atomic E-state index is 0.201. The predicted octanol–water partition coefficient (Wildman–Crippen LogP) is 2.59. The van der Waals surface area contributed by atoms with Gasteiger partial charge in [-0.15, -0.1) is 0 Å². The molecule has 0 unspecified atom stereocenters. The number of methoxy groups -OCH3 is 2. The van der Waals surface area contributed by atoms with Gasteiger partial charge in [-0.1, -0.05) is 16.8 Å². The molecule has 1 heterocycles. The number of anilines is 1. The number of rotatable bonds is 3. The maximum atomic E-state index is 6.09. The lowest BCUT2D eigenvalue weighted by Gasteiger charge is -2.11. The number of nitrogen functional groups attached to an aromatic ring is 1. The molecule has 0 aliphatic rings. The van der Waals surface area contributed by atoms with Gasteiger partial charge < -0.3 is 19.7 Å². The van der Waals surface area contributed by atoms with E-state index in [1.165, 1.54) is 13.3 Å². The molecule has 0 bridgehead atoms. The Hall–Kier alpha value is -1.88. The molecule has 6 heteroatoms. The van der Waals surface area contributed by atoms with Crippen molar-refractivity contribution in [1.82, 2.24) is 5.16 Å². The van der Waals surface area contributed by atoms with Crippen LogP contribution in [-0.4, -0.2) is 19.4 Å². The Kier molecular flexibility index (Phi) is 3.10. The molecule has 0 atom stereocenters. The first-order valence-corrected chi connectivity index (χ1v) is 5.17. The third-order valence-corrected chi connectivity index (χ3v) is 2.63. The van der Waals surface area contributed by atoms with Crippen LogP contribution in [0.15, 0.2) is 22.9 Å². The Morgan fingerprint density at radius 3 is 2.53 bits per heavy atom. The Bertz CT molecular complexity index is 540. The number of halogens is 1. The second kappa shape index (κ2) is 4.55. The van der Waals surface area contributed by atoms with Crippen LogP contribution in [0.1, 0.15) is 0 Å². The number of benzene rings is 1. The number of hydrogen-bond acceptors (Lipinski definition) is 5. The van der Waals surface area contributed by atoms with E-state index < -0.39 is 0 Å². The van der Waals surface area contributed by atoms with Crippen LogP contribution in [0.3, 0.4) is 0 Å². The van der Waals surface area contributed by atoms with E-state index in [1.54, 1.807) is 19.2 Å². The van der Waals surface area contributed by atoms with Gasteiger partial charge in [0.25, 0.3) is 0 Å². The van der Waals surface area contributed by atoms with Gasteiger partial charge in [-0.05, 0) is 6.07 Å². The van der Waals surface area contributed by atoms with Crippen molar-refractivity contribution in [2.24, 2.45) is 0 Å². The highest BCUT2D eigenvalue weighted by molar-refractivity contribution is 6.32. The zero-order chi connectivity index (χ0) is 12.4. The Morgan fingerprint density at radius 2 is 2.00 bits per heavy atom. The van der Waals surface area contributed by atoms with Crippen molar-refractivity contribution >= 4 is 17.5 Å². The quantitative estimate of drug-likeness (QED) is 0.912. The lowest BCUT2D eigenvalue weighted by molar-refractivity contribution is 0.404. The molecule has 0 spiro atoms. The summed E-state index contributed by atoms with van der Waals surface area (Å²) in [5, 5.41) is 4.05. The summed E-state index contributed by atoms with van der Waals surface area (Å²) >= 11 is 6.09. The molecular weight excluding hydrogens is 244 g/mol. The summed E-state index contributed by atoms with van der Waals surface area (Å²) in [5.74, 6) is 1.31. The number of nitrogens with zero attached hydrogens (tertiary/aromatic N) is 1. The molecule has 2 N–H and O–H groups in total. The van der Waals surface area contributed by atoms with E-state index in [1.807, 2.05) is 0 Å². The van der Waals surface area contributed by atoms with E-state index in [2.05, 4.69) is 5.16 Å². The third-order valence-electron chi connectivity index (χ3n) is 2.35. The van der Waals surface area contributed by atoms with Gasteiger partial charge in [0.1, 0.15) is 11.5 Å². The molecule has 0 fully saturated rings. The minimum Gasteiger partial charge on any atom is -0.497 e. The highest BCUT2D eigenvalue weighted by Gasteiger charge is 2.17. The van der Waals surface area contributed by atoms with Crippen LogP contribution in [0.5, 0.6) is 11.5 Å². The van der Waals surface area contributed by atoms with Crippen molar-refractivity contribution < 1.29 is 14.0 Å². The number of hydrogen-bond donors (Lipinski definition) is 1. The maximum absolute atomic E-state index is 6.09. The molecule has 90 valence electrons. The second-order valence-electron chi connectivity index (χ2n) is 3.29. The van der Waals surface area contributed by atoms with E-state index in [4.69, 9.17) is 31.3 Å². The van der Waals surface area contributed by atoms with Crippen LogP contribution in [0.4, 0.5) is 5.88 Å². The number of ether oxygens (including phenoxy) is 2. The van der Waals surface area contributed by atoms with Gasteiger partial charge >= 0.3 is 0 Å². The zero-order valence-corrected chi connectivity index (χ0v) is 10.1. The monoisotopic (exact) mass is 254 g/mol. The summed E-state index contributed by atoms with van der Waals surface area (Å²) < 4.78 is 15.2. The van der Waals surface area contributed by atoms with E-state index >= 15 is 0 Å². The van der Waals surface area contributed by atoms with Crippen molar-refractivity contribution in [2.45, 2.75) is 0 Å². The van der Waals surface area contributed by atoms with Gasteiger partial charge in [-0.3, -0.25) is 0 Å². The molecule has 5 nitrogen and oxygen atoms in total. The highest BCUT2D eigenvalue weighted by atomic mass is 35.5. The molecular formula is C11H11ClN2O3. The fraction of sp³-hybridized carbons (Fsp3) is 0.182. The van der Waals surface area contributed by atoms with Crippen molar-refractivity contribution in [2.75, 3.05) is 20.0 Å². The molecule has 0 radical (unpaired) electrons. The summed E-state index contributed by atoms with van der Waals surface area (Å²) in [6, 6.07) is 3.42. The molecule has 0 amide bonds. The Balaban J connectivity index is 2.66. The molecule has 0 saturated carbocycles. The summed E-state index contributed by atoms with van der Waals surface area (Å²) in [7, 11) is 3.08. The van der Waals surface area contributed by atoms with Crippen LogP contribution in [0, 0.1) is 0 Å². The van der Waals surface area contributed by atoms with Crippen LogP contribution in [0.25, 0.3) is 11.1 Å². The smallest absolute Gasteiger partial charge is 0.230 e. The van der Waals surface area contributed by atoms with Crippen molar-refractivity contribution in [3.63, 3.8) is 0 Å².